The van der Waals surface area contributed by atoms with Crippen LogP contribution >= 0.6 is 0 Å². The van der Waals surface area contributed by atoms with Crippen molar-refractivity contribution >= 4 is 12.0 Å². The highest BCUT2D eigenvalue weighted by Gasteiger charge is 2.11. The normalized spacial score (nSPS) is 12.8. The standard InChI is InChI=1S/C9H15N3O3/c1-6(12(2)3)4-10-9-11-7(5-15-9)8(13)14/h5-6H,4H2,1-3H3,(H,10,11)(H,13,14). The highest BCUT2D eigenvalue weighted by atomic mass is 16.4. The minimum absolute atomic E-state index is 0.0880. The van der Waals surface area contributed by atoms with Crippen LogP contribution in [-0.2, 0) is 0 Å². The Morgan fingerprint density at radius 2 is 2.40 bits per heavy atom. The third kappa shape index (κ3) is 3.25. The third-order valence-electron chi connectivity index (χ3n) is 2.15. The van der Waals surface area contributed by atoms with E-state index in [9.17, 15) is 4.79 Å². The summed E-state index contributed by atoms with van der Waals surface area (Å²) in [6, 6.07) is 0.547. The maximum atomic E-state index is 10.5. The molecular formula is C9H15N3O3. The molecule has 0 aliphatic carbocycles. The Hall–Kier alpha value is -1.56. The van der Waals surface area contributed by atoms with Crippen LogP contribution in [0.2, 0.25) is 0 Å². The topological polar surface area (TPSA) is 78.6 Å². The Balaban J connectivity index is 2.48. The average molecular weight is 213 g/mol. The second-order valence-corrected chi connectivity index (χ2v) is 3.54. The Kier molecular flexibility index (Phi) is 3.68. The second-order valence-electron chi connectivity index (χ2n) is 3.54. The number of carbonyl (C=O) groups is 1. The molecular weight excluding hydrogens is 198 g/mol. The third-order valence-corrected chi connectivity index (χ3v) is 2.15. The maximum Gasteiger partial charge on any atom is 0.357 e. The monoisotopic (exact) mass is 213 g/mol. The lowest BCUT2D eigenvalue weighted by molar-refractivity contribution is 0.0690. The highest BCUT2D eigenvalue weighted by molar-refractivity contribution is 5.85. The van der Waals surface area contributed by atoms with Crippen molar-refractivity contribution in [3.05, 3.63) is 12.0 Å². The number of nitrogens with zero attached hydrogens (tertiary/aromatic N) is 2. The van der Waals surface area contributed by atoms with Gasteiger partial charge in [0, 0.05) is 12.6 Å². The fraction of sp³-hybridized carbons (Fsp3) is 0.556. The number of hydrogen-bond donors (Lipinski definition) is 2. The van der Waals surface area contributed by atoms with Crippen LogP contribution in [0.25, 0.3) is 0 Å². The van der Waals surface area contributed by atoms with E-state index >= 15 is 0 Å². The summed E-state index contributed by atoms with van der Waals surface area (Å²) in [6.45, 7) is 2.68. The number of aromatic carboxylic acids is 1. The zero-order valence-electron chi connectivity index (χ0n) is 9.02. The van der Waals surface area contributed by atoms with Crippen LogP contribution in [0.1, 0.15) is 17.4 Å². The molecule has 2 N–H and O–H groups in total. The van der Waals surface area contributed by atoms with Crippen LogP contribution in [0.3, 0.4) is 0 Å². The van der Waals surface area contributed by atoms with Gasteiger partial charge in [-0.15, -0.1) is 0 Å². The van der Waals surface area contributed by atoms with Crippen LogP contribution in [0.5, 0.6) is 0 Å². The lowest BCUT2D eigenvalue weighted by atomic mass is 10.3. The molecule has 1 heterocycles. The largest absolute Gasteiger partial charge is 0.476 e. The van der Waals surface area contributed by atoms with Gasteiger partial charge in [-0.1, -0.05) is 0 Å². The molecule has 0 aliphatic heterocycles. The van der Waals surface area contributed by atoms with Crippen molar-refractivity contribution in [2.45, 2.75) is 13.0 Å². The first-order chi connectivity index (χ1) is 7.00. The van der Waals surface area contributed by atoms with Gasteiger partial charge in [0.2, 0.25) is 0 Å². The molecule has 0 aliphatic rings. The van der Waals surface area contributed by atoms with Gasteiger partial charge in [0.15, 0.2) is 5.69 Å². The minimum Gasteiger partial charge on any atom is -0.476 e. The van der Waals surface area contributed by atoms with E-state index in [0.717, 1.165) is 6.26 Å². The molecule has 0 bridgehead atoms. The van der Waals surface area contributed by atoms with E-state index in [2.05, 4.69) is 10.3 Å². The van der Waals surface area contributed by atoms with E-state index < -0.39 is 5.97 Å². The van der Waals surface area contributed by atoms with Crippen LogP contribution in [0.15, 0.2) is 10.7 Å². The molecule has 6 heteroatoms. The first kappa shape index (κ1) is 11.5. The first-order valence-corrected chi connectivity index (χ1v) is 4.60. The number of likely N-dealkylation sites (N-methyl/N-ethyl adjacent to an activating group) is 1. The summed E-state index contributed by atoms with van der Waals surface area (Å²) in [5.41, 5.74) is -0.0880. The molecule has 0 fully saturated rings. The van der Waals surface area contributed by atoms with Gasteiger partial charge in [-0.25, -0.2) is 4.79 Å². The molecule has 0 saturated carbocycles. The fourth-order valence-corrected chi connectivity index (χ4v) is 0.871. The van der Waals surface area contributed by atoms with Gasteiger partial charge >= 0.3 is 5.97 Å². The molecule has 0 saturated heterocycles. The van der Waals surface area contributed by atoms with Crippen molar-refractivity contribution in [3.8, 4) is 0 Å². The van der Waals surface area contributed by atoms with Crippen LogP contribution < -0.4 is 5.32 Å². The molecule has 0 spiro atoms. The first-order valence-electron chi connectivity index (χ1n) is 4.60. The summed E-state index contributed by atoms with van der Waals surface area (Å²) in [5, 5.41) is 11.5. The minimum atomic E-state index is -1.09. The fourth-order valence-electron chi connectivity index (χ4n) is 0.871. The van der Waals surface area contributed by atoms with Crippen molar-refractivity contribution in [2.75, 3.05) is 26.0 Å². The van der Waals surface area contributed by atoms with Gasteiger partial charge in [0.25, 0.3) is 6.01 Å². The average Bonchev–Trinajstić information content (AvgIpc) is 2.62. The molecule has 1 rings (SSSR count). The van der Waals surface area contributed by atoms with Gasteiger partial charge in [0.1, 0.15) is 6.26 Å². The van der Waals surface area contributed by atoms with E-state index in [1.54, 1.807) is 0 Å². The van der Waals surface area contributed by atoms with Crippen molar-refractivity contribution in [3.63, 3.8) is 0 Å². The summed E-state index contributed by atoms with van der Waals surface area (Å²) >= 11 is 0. The Bertz CT molecular complexity index is 335. The van der Waals surface area contributed by atoms with Crippen molar-refractivity contribution < 1.29 is 14.3 Å². The number of oxazole rings is 1. The van der Waals surface area contributed by atoms with Crippen molar-refractivity contribution in [1.82, 2.24) is 9.88 Å². The number of nitrogens with one attached hydrogen (secondary N) is 1. The van der Waals surface area contributed by atoms with E-state index in [0.29, 0.717) is 12.6 Å². The predicted molar refractivity (Wildman–Crippen MR) is 55.1 cm³/mol. The van der Waals surface area contributed by atoms with Crippen LogP contribution in [-0.4, -0.2) is 47.6 Å². The second kappa shape index (κ2) is 4.79. The quantitative estimate of drug-likeness (QED) is 0.750. The predicted octanol–water partition coefficient (Wildman–Crippen LogP) is 0.735. The number of aromatic nitrogens is 1. The van der Waals surface area contributed by atoms with E-state index in [4.69, 9.17) is 9.52 Å². The van der Waals surface area contributed by atoms with Crippen molar-refractivity contribution in [2.24, 2.45) is 0 Å². The van der Waals surface area contributed by atoms with E-state index in [1.807, 2.05) is 25.9 Å². The number of hydrogen-bond acceptors (Lipinski definition) is 5. The molecule has 1 unspecified atom stereocenters. The van der Waals surface area contributed by atoms with Crippen molar-refractivity contribution in [1.29, 1.82) is 0 Å². The van der Waals surface area contributed by atoms with E-state index in [-0.39, 0.29) is 11.7 Å². The summed E-state index contributed by atoms with van der Waals surface area (Å²) in [7, 11) is 3.93. The Morgan fingerprint density at radius 1 is 1.73 bits per heavy atom. The Morgan fingerprint density at radius 3 is 2.87 bits per heavy atom. The number of rotatable bonds is 5. The van der Waals surface area contributed by atoms with Gasteiger partial charge in [-0.2, -0.15) is 4.98 Å². The van der Waals surface area contributed by atoms with Crippen LogP contribution in [0, 0.1) is 0 Å². The summed E-state index contributed by atoms with van der Waals surface area (Å²) < 4.78 is 4.93. The van der Waals surface area contributed by atoms with Gasteiger partial charge in [-0.05, 0) is 21.0 Å². The molecule has 6 nitrogen and oxygen atoms in total. The van der Waals surface area contributed by atoms with Gasteiger partial charge < -0.3 is 19.7 Å². The molecule has 15 heavy (non-hydrogen) atoms. The molecule has 1 atom stereocenters. The maximum absolute atomic E-state index is 10.5. The van der Waals surface area contributed by atoms with Gasteiger partial charge in [0.05, 0.1) is 0 Å². The molecule has 1 aromatic rings. The zero-order valence-corrected chi connectivity index (χ0v) is 9.02. The lowest BCUT2D eigenvalue weighted by Crippen LogP contribution is -2.31. The summed E-state index contributed by atoms with van der Waals surface area (Å²) in [6.07, 6.45) is 1.12. The number of carboxylic acid groups (broad SMARTS) is 1. The molecule has 0 aromatic carbocycles. The molecule has 0 radical (unpaired) electrons. The van der Waals surface area contributed by atoms with E-state index in [1.165, 1.54) is 0 Å². The lowest BCUT2D eigenvalue weighted by Gasteiger charge is -2.19. The summed E-state index contributed by atoms with van der Waals surface area (Å²) in [4.78, 5) is 16.3. The number of carboxylic acids is 1. The SMILES string of the molecule is CC(CNc1nc(C(=O)O)co1)N(C)C. The molecule has 1 aromatic heterocycles. The smallest absolute Gasteiger partial charge is 0.357 e. The summed E-state index contributed by atoms with van der Waals surface area (Å²) in [5.74, 6) is -1.09. The molecule has 84 valence electrons. The van der Waals surface area contributed by atoms with Crippen LogP contribution in [0.4, 0.5) is 6.01 Å². The highest BCUT2D eigenvalue weighted by Crippen LogP contribution is 2.07. The number of anilines is 1. The molecule has 0 amide bonds. The Labute approximate surface area is 87.9 Å². The zero-order chi connectivity index (χ0) is 11.4. The van der Waals surface area contributed by atoms with Gasteiger partial charge in [-0.3, -0.25) is 0 Å².